The highest BCUT2D eigenvalue weighted by molar-refractivity contribution is 5.03. The summed E-state index contributed by atoms with van der Waals surface area (Å²) in [6.45, 7) is 9.89. The van der Waals surface area contributed by atoms with Gasteiger partial charge in [0.25, 0.3) is 0 Å². The smallest absolute Gasteiger partial charge is 0.0269 e. The molecule has 0 spiro atoms. The average Bonchev–Trinajstić information content (AvgIpc) is 2.10. The minimum absolute atomic E-state index is 0.689. The van der Waals surface area contributed by atoms with Gasteiger partial charge in [0, 0.05) is 0 Å². The van der Waals surface area contributed by atoms with Gasteiger partial charge < -0.3 is 0 Å². The molecule has 0 aromatic carbocycles. The Morgan fingerprint density at radius 1 is 1.07 bits per heavy atom. The van der Waals surface area contributed by atoms with Gasteiger partial charge >= 0.3 is 0 Å². The molecule has 0 nitrogen and oxygen atoms in total. The van der Waals surface area contributed by atoms with Crippen LogP contribution in [0, 0.1) is 22.7 Å². The molecule has 14 heavy (non-hydrogen) atoms. The zero-order chi connectivity index (χ0) is 10.4. The Kier molecular flexibility index (Phi) is 2.44. The third-order valence-electron chi connectivity index (χ3n) is 5.66. The third kappa shape index (κ3) is 1.33. The van der Waals surface area contributed by atoms with Crippen LogP contribution in [0.1, 0.15) is 66.2 Å². The van der Waals surface area contributed by atoms with Crippen molar-refractivity contribution >= 4 is 0 Å². The minimum Gasteiger partial charge on any atom is -0.0654 e. The van der Waals surface area contributed by atoms with E-state index in [9.17, 15) is 0 Å². The summed E-state index contributed by atoms with van der Waals surface area (Å²) in [4.78, 5) is 0. The quantitative estimate of drug-likeness (QED) is 0.601. The Balaban J connectivity index is 2.21. The van der Waals surface area contributed by atoms with E-state index in [-0.39, 0.29) is 0 Å². The van der Waals surface area contributed by atoms with E-state index in [1.807, 2.05) is 0 Å². The lowest BCUT2D eigenvalue weighted by Crippen LogP contribution is -2.50. The van der Waals surface area contributed by atoms with Gasteiger partial charge in [-0.2, -0.15) is 0 Å². The van der Waals surface area contributed by atoms with Crippen molar-refractivity contribution in [1.29, 1.82) is 0 Å². The van der Waals surface area contributed by atoms with Crippen LogP contribution in [-0.2, 0) is 0 Å². The largest absolute Gasteiger partial charge is 0.0654 e. The van der Waals surface area contributed by atoms with Gasteiger partial charge in [-0.1, -0.05) is 34.1 Å². The summed E-state index contributed by atoms with van der Waals surface area (Å²) >= 11 is 0. The second-order valence-electron chi connectivity index (χ2n) is 6.48. The monoisotopic (exact) mass is 194 g/mol. The van der Waals surface area contributed by atoms with Crippen molar-refractivity contribution in [1.82, 2.24) is 0 Å². The lowest BCUT2D eigenvalue weighted by molar-refractivity contribution is -0.0936. The fourth-order valence-corrected chi connectivity index (χ4v) is 4.38. The summed E-state index contributed by atoms with van der Waals surface area (Å²) in [5.41, 5.74) is 1.43. The molecule has 3 rings (SSSR count). The van der Waals surface area contributed by atoms with E-state index in [0.717, 1.165) is 17.3 Å². The average molecular weight is 194 g/mol. The predicted octanol–water partition coefficient (Wildman–Crippen LogP) is 4.64. The molecule has 0 amide bonds. The summed E-state index contributed by atoms with van der Waals surface area (Å²) in [6, 6.07) is 0. The topological polar surface area (TPSA) is 0 Å². The Morgan fingerprint density at radius 2 is 1.79 bits per heavy atom. The fraction of sp³-hybridized carbons (Fsp3) is 1.00. The van der Waals surface area contributed by atoms with Crippen molar-refractivity contribution in [2.45, 2.75) is 66.2 Å². The van der Waals surface area contributed by atoms with Gasteiger partial charge in [-0.15, -0.1) is 0 Å². The van der Waals surface area contributed by atoms with Crippen LogP contribution < -0.4 is 0 Å². The van der Waals surface area contributed by atoms with Crippen LogP contribution in [0.5, 0.6) is 0 Å². The van der Waals surface area contributed by atoms with Crippen molar-refractivity contribution in [3.8, 4) is 0 Å². The van der Waals surface area contributed by atoms with Gasteiger partial charge in [-0.05, 0) is 54.8 Å². The second kappa shape index (κ2) is 3.25. The van der Waals surface area contributed by atoms with Gasteiger partial charge in [0.1, 0.15) is 0 Å². The molecule has 2 bridgehead atoms. The maximum Gasteiger partial charge on any atom is -0.0269 e. The van der Waals surface area contributed by atoms with Crippen LogP contribution in [-0.4, -0.2) is 0 Å². The molecule has 0 heteroatoms. The highest BCUT2D eigenvalue weighted by atomic mass is 14.6. The molecule has 0 aromatic heterocycles. The lowest BCUT2D eigenvalue weighted by Gasteiger charge is -2.60. The van der Waals surface area contributed by atoms with Gasteiger partial charge in [-0.3, -0.25) is 0 Å². The molecule has 3 aliphatic carbocycles. The minimum atomic E-state index is 0.689. The third-order valence-corrected chi connectivity index (χ3v) is 5.66. The second-order valence-corrected chi connectivity index (χ2v) is 6.48. The van der Waals surface area contributed by atoms with Crippen LogP contribution in [0.4, 0.5) is 0 Å². The van der Waals surface area contributed by atoms with Crippen LogP contribution >= 0.6 is 0 Å². The molecule has 82 valence electrons. The van der Waals surface area contributed by atoms with E-state index >= 15 is 0 Å². The molecule has 4 unspecified atom stereocenters. The van der Waals surface area contributed by atoms with Crippen LogP contribution in [0.15, 0.2) is 0 Å². The maximum atomic E-state index is 2.53. The molecule has 0 radical (unpaired) electrons. The first-order valence-corrected chi connectivity index (χ1v) is 6.52. The van der Waals surface area contributed by atoms with E-state index in [2.05, 4.69) is 27.7 Å². The Bertz CT molecular complexity index is 220. The molecule has 0 aromatic rings. The molecule has 0 saturated heterocycles. The molecule has 3 saturated carbocycles. The van der Waals surface area contributed by atoms with Crippen molar-refractivity contribution in [2.75, 3.05) is 0 Å². The highest BCUT2D eigenvalue weighted by Gasteiger charge is 2.53. The first-order valence-electron chi connectivity index (χ1n) is 6.52. The summed E-state index contributed by atoms with van der Waals surface area (Å²) in [5, 5.41) is 0. The Morgan fingerprint density at radius 3 is 2.29 bits per heavy atom. The Hall–Kier alpha value is 0. The van der Waals surface area contributed by atoms with Gasteiger partial charge in [0.05, 0.1) is 0 Å². The SMILES string of the molecule is CCCC12CCC(C)(CC1C)C(C)C2. The lowest BCUT2D eigenvalue weighted by atomic mass is 9.45. The summed E-state index contributed by atoms with van der Waals surface area (Å²) in [6.07, 6.45) is 8.89. The number of hydrogen-bond acceptors (Lipinski definition) is 0. The summed E-state index contributed by atoms with van der Waals surface area (Å²) in [7, 11) is 0. The van der Waals surface area contributed by atoms with Crippen molar-refractivity contribution < 1.29 is 0 Å². The fourth-order valence-electron chi connectivity index (χ4n) is 4.38. The number of fused-ring (bicyclic) bond motifs is 3. The van der Waals surface area contributed by atoms with Crippen LogP contribution in [0.2, 0.25) is 0 Å². The molecule has 0 heterocycles. The first-order chi connectivity index (χ1) is 6.52. The van der Waals surface area contributed by atoms with Gasteiger partial charge in [-0.25, -0.2) is 0 Å². The van der Waals surface area contributed by atoms with Gasteiger partial charge in [0.15, 0.2) is 0 Å². The predicted molar refractivity (Wildman–Crippen MR) is 62.2 cm³/mol. The first kappa shape index (κ1) is 10.5. The Labute approximate surface area is 89.5 Å². The maximum absolute atomic E-state index is 2.53. The molecular weight excluding hydrogens is 168 g/mol. The zero-order valence-corrected chi connectivity index (χ0v) is 10.4. The zero-order valence-electron chi connectivity index (χ0n) is 10.4. The van der Waals surface area contributed by atoms with E-state index in [1.165, 1.54) is 38.5 Å². The van der Waals surface area contributed by atoms with E-state index in [0.29, 0.717) is 5.41 Å². The molecule has 4 atom stereocenters. The summed E-state index contributed by atoms with van der Waals surface area (Å²) in [5.74, 6) is 1.95. The van der Waals surface area contributed by atoms with Crippen molar-refractivity contribution in [3.05, 3.63) is 0 Å². The standard InChI is InChI=1S/C14H26/c1-5-6-14-8-7-13(4,9-12(14)3)11(2)10-14/h11-12H,5-10H2,1-4H3. The number of hydrogen-bond donors (Lipinski definition) is 0. The van der Waals surface area contributed by atoms with E-state index < -0.39 is 0 Å². The van der Waals surface area contributed by atoms with Crippen LogP contribution in [0.25, 0.3) is 0 Å². The molecule has 3 fully saturated rings. The van der Waals surface area contributed by atoms with E-state index in [4.69, 9.17) is 0 Å². The molecule has 0 aliphatic heterocycles. The summed E-state index contributed by atoms with van der Waals surface area (Å²) < 4.78 is 0. The van der Waals surface area contributed by atoms with Gasteiger partial charge in [0.2, 0.25) is 0 Å². The van der Waals surface area contributed by atoms with Crippen molar-refractivity contribution in [3.63, 3.8) is 0 Å². The molecule has 0 N–H and O–H groups in total. The normalized spacial score (nSPS) is 52.3. The molecule has 3 aliphatic rings. The van der Waals surface area contributed by atoms with Crippen LogP contribution in [0.3, 0.4) is 0 Å². The number of rotatable bonds is 2. The van der Waals surface area contributed by atoms with E-state index in [1.54, 1.807) is 0 Å². The van der Waals surface area contributed by atoms with Crippen molar-refractivity contribution in [2.24, 2.45) is 22.7 Å². The highest BCUT2D eigenvalue weighted by Crippen LogP contribution is 2.63. The molecular formula is C14H26.